The molecule has 3 aromatic heterocycles. The fourth-order valence-electron chi connectivity index (χ4n) is 4.48. The summed E-state index contributed by atoms with van der Waals surface area (Å²) in [6.07, 6.45) is 1.82. The van der Waals surface area contributed by atoms with Crippen molar-refractivity contribution in [3.63, 3.8) is 0 Å². The summed E-state index contributed by atoms with van der Waals surface area (Å²) in [7, 11) is -1.73. The van der Waals surface area contributed by atoms with E-state index in [2.05, 4.69) is 65.8 Å². The molecule has 1 aliphatic carbocycles. The molecule has 31 heavy (non-hydrogen) atoms. The van der Waals surface area contributed by atoms with Gasteiger partial charge in [-0.05, 0) is 0 Å². The van der Waals surface area contributed by atoms with E-state index in [4.69, 9.17) is 0 Å². The van der Waals surface area contributed by atoms with Gasteiger partial charge in [-0.25, -0.2) is 0 Å². The second-order valence-corrected chi connectivity index (χ2v) is 16.5. The zero-order valence-electron chi connectivity index (χ0n) is 16.8. The summed E-state index contributed by atoms with van der Waals surface area (Å²) in [5.74, 6) is -0.272. The predicted molar refractivity (Wildman–Crippen MR) is 134 cm³/mol. The van der Waals surface area contributed by atoms with Crippen LogP contribution in [0.15, 0.2) is 64.2 Å². The van der Waals surface area contributed by atoms with Gasteiger partial charge in [-0.1, -0.05) is 0 Å². The molecule has 0 saturated carbocycles. The molecule has 2 aliphatic rings. The Morgan fingerprint density at radius 1 is 0.935 bits per heavy atom. The molecule has 0 radical (unpaired) electrons. The van der Waals surface area contributed by atoms with Crippen molar-refractivity contribution in [2.45, 2.75) is 13.1 Å². The third-order valence-electron chi connectivity index (χ3n) is 6.10. The summed E-state index contributed by atoms with van der Waals surface area (Å²) < 4.78 is 2.30. The van der Waals surface area contributed by atoms with Gasteiger partial charge >= 0.3 is 196 Å². The fourth-order valence-corrected chi connectivity index (χ4v) is 12.1. The van der Waals surface area contributed by atoms with Gasteiger partial charge < -0.3 is 0 Å². The predicted octanol–water partition coefficient (Wildman–Crippen LogP) is 4.94. The minimum absolute atomic E-state index is 0.0141. The van der Waals surface area contributed by atoms with Gasteiger partial charge in [-0.2, -0.15) is 0 Å². The Bertz CT molecular complexity index is 1390. The van der Waals surface area contributed by atoms with Crippen LogP contribution in [0.1, 0.15) is 25.2 Å². The number of hydrogen-bond donors (Lipinski definition) is 0. The van der Waals surface area contributed by atoms with Crippen molar-refractivity contribution in [1.29, 1.82) is 0 Å². The van der Waals surface area contributed by atoms with Gasteiger partial charge in [0.2, 0.25) is 0 Å². The molecule has 0 atom stereocenters. The number of allylic oxidation sites excluding steroid dienone is 1. The minimum atomic E-state index is -1.73. The number of ketones is 2. The van der Waals surface area contributed by atoms with Crippen molar-refractivity contribution in [2.24, 2.45) is 0 Å². The fraction of sp³-hybridized carbons (Fsp3) is 0.0833. The van der Waals surface area contributed by atoms with Crippen LogP contribution in [-0.2, 0) is 0 Å². The second kappa shape index (κ2) is 6.86. The average Bonchev–Trinajstić information content (AvgIpc) is 3.54. The van der Waals surface area contributed by atoms with Gasteiger partial charge in [0.05, 0.1) is 0 Å². The van der Waals surface area contributed by atoms with Crippen LogP contribution in [-0.4, -0.2) is 34.1 Å². The van der Waals surface area contributed by atoms with Crippen LogP contribution in [0.4, 0.5) is 15.2 Å². The molecule has 4 heterocycles. The molecule has 4 aromatic rings. The molecule has 0 unspecified atom stereocenters. The topological polar surface area (TPSA) is 37.4 Å². The first-order valence-corrected chi connectivity index (χ1v) is 16.4. The Balaban J connectivity index is 1.44. The van der Waals surface area contributed by atoms with E-state index in [1.54, 1.807) is 22.1 Å². The average molecular weight is 523 g/mol. The molecule has 0 spiro atoms. The van der Waals surface area contributed by atoms with Crippen molar-refractivity contribution in [1.82, 2.24) is 0 Å². The number of carbonyl (C=O) groups is 2. The van der Waals surface area contributed by atoms with Crippen molar-refractivity contribution in [3.05, 3.63) is 79.7 Å². The number of hydrogen-bond acceptors (Lipinski definition) is 5. The summed E-state index contributed by atoms with van der Waals surface area (Å²) in [5, 5.41) is 10.0. The Morgan fingerprint density at radius 2 is 1.68 bits per heavy atom. The zero-order valence-corrected chi connectivity index (χ0v) is 21.2. The Morgan fingerprint density at radius 3 is 2.45 bits per heavy atom. The number of rotatable bonds is 2. The number of nitrogens with zero attached hydrogens (tertiary/aromatic N) is 1. The first-order chi connectivity index (χ1) is 15.0. The standard InChI is InChI=1S/C24H17NO2S2SeSi/c1-31(2)19-6-4-3-5-18(19)25(24-20(31)9-10-29-24)21-8-7-14(30-21)11-15-22(26)16-12-28-13-17(16)23(15)27/h3-13H,1-2H3. The number of para-hydroxylation sites is 1. The second-order valence-electron chi connectivity index (χ2n) is 8.21. The molecular weight excluding hydrogens is 505 g/mol. The molecule has 0 N–H and O–H groups in total. The number of carbonyl (C=O) groups excluding carboxylic acids is 2. The summed E-state index contributed by atoms with van der Waals surface area (Å²) in [6.45, 7) is 4.85. The van der Waals surface area contributed by atoms with E-state index in [-0.39, 0.29) is 26.1 Å². The van der Waals surface area contributed by atoms with Gasteiger partial charge in [0, 0.05) is 0 Å². The van der Waals surface area contributed by atoms with Crippen LogP contribution < -0.4 is 15.3 Å². The number of benzene rings is 1. The molecule has 3 nitrogen and oxygen atoms in total. The zero-order chi connectivity index (χ0) is 21.3. The van der Waals surface area contributed by atoms with Gasteiger partial charge in [-0.3, -0.25) is 0 Å². The van der Waals surface area contributed by atoms with Crippen LogP contribution >= 0.6 is 22.7 Å². The molecule has 0 saturated heterocycles. The number of fused-ring (bicyclic) bond motifs is 3. The van der Waals surface area contributed by atoms with Gasteiger partial charge in [0.1, 0.15) is 0 Å². The molecule has 0 bridgehead atoms. The number of thiophene rings is 2. The van der Waals surface area contributed by atoms with Gasteiger partial charge in [0.15, 0.2) is 0 Å². The summed E-state index contributed by atoms with van der Waals surface area (Å²) in [6, 6.07) is 15.3. The summed E-state index contributed by atoms with van der Waals surface area (Å²) in [4.78, 5) is 27.8. The SMILES string of the molecule is C[Si]1(C)c2ccccc2N(c2ccc(C=C3C(=O)c4cscc4C3=O)[se]2)c2sccc21. The third kappa shape index (κ3) is 2.74. The normalized spacial score (nSPS) is 16.3. The summed E-state index contributed by atoms with van der Waals surface area (Å²) in [5.41, 5.74) is 2.70. The van der Waals surface area contributed by atoms with Crippen molar-refractivity contribution in [2.75, 3.05) is 4.90 Å². The quantitative estimate of drug-likeness (QED) is 0.213. The van der Waals surface area contributed by atoms with E-state index < -0.39 is 8.07 Å². The van der Waals surface area contributed by atoms with Gasteiger partial charge in [0.25, 0.3) is 0 Å². The monoisotopic (exact) mass is 523 g/mol. The summed E-state index contributed by atoms with van der Waals surface area (Å²) >= 11 is 3.22. The molecular formula is C24H17NO2S2SeSi. The molecule has 7 heteroatoms. The number of Topliss-reactive ketones (excluding diaryl/α,β-unsaturated/α-hetero) is 2. The maximum atomic E-state index is 12.7. The van der Waals surface area contributed by atoms with Gasteiger partial charge in [-0.15, -0.1) is 0 Å². The van der Waals surface area contributed by atoms with Crippen molar-refractivity contribution < 1.29 is 9.59 Å². The van der Waals surface area contributed by atoms with Crippen LogP contribution in [0.5, 0.6) is 0 Å². The van der Waals surface area contributed by atoms with Crippen LogP contribution in [0.3, 0.4) is 0 Å². The molecule has 152 valence electrons. The Kier molecular flexibility index (Phi) is 4.29. The van der Waals surface area contributed by atoms with E-state index in [0.29, 0.717) is 16.7 Å². The maximum absolute atomic E-state index is 12.7. The number of anilines is 3. The third-order valence-corrected chi connectivity index (χ3v) is 13.6. The van der Waals surface area contributed by atoms with Crippen molar-refractivity contribution in [3.8, 4) is 0 Å². The molecule has 0 amide bonds. The van der Waals surface area contributed by atoms with Crippen LogP contribution in [0, 0.1) is 0 Å². The first-order valence-electron chi connectivity index (χ1n) is 9.91. The molecule has 6 rings (SSSR count). The molecule has 1 aromatic carbocycles. The Labute approximate surface area is 195 Å². The van der Waals surface area contributed by atoms with Crippen LogP contribution in [0.25, 0.3) is 6.08 Å². The van der Waals surface area contributed by atoms with E-state index >= 15 is 0 Å². The van der Waals surface area contributed by atoms with E-state index in [1.165, 1.54) is 37.0 Å². The first kappa shape index (κ1) is 19.4. The molecule has 1 aliphatic heterocycles. The Hall–Kier alpha value is -2.28. The van der Waals surface area contributed by atoms with Crippen molar-refractivity contribution >= 4 is 88.5 Å². The molecule has 0 fully saturated rings. The van der Waals surface area contributed by atoms with Crippen LogP contribution in [0.2, 0.25) is 13.1 Å². The van der Waals surface area contributed by atoms with E-state index in [9.17, 15) is 9.59 Å². The van der Waals surface area contributed by atoms with E-state index in [0.717, 1.165) is 4.44 Å². The van der Waals surface area contributed by atoms with E-state index in [1.807, 2.05) is 6.08 Å².